The maximum Gasteiger partial charge on any atom is 0.234 e. The van der Waals surface area contributed by atoms with Gasteiger partial charge < -0.3 is 5.32 Å². The summed E-state index contributed by atoms with van der Waals surface area (Å²) in [5, 5.41) is 8.36. The van der Waals surface area contributed by atoms with Crippen molar-refractivity contribution in [1.29, 1.82) is 0 Å². The number of hydrogen-bond acceptors (Lipinski definition) is 4. The summed E-state index contributed by atoms with van der Waals surface area (Å²) in [6.07, 6.45) is 4.47. The lowest BCUT2D eigenvalue weighted by molar-refractivity contribution is -0.113. The lowest BCUT2D eigenvalue weighted by atomic mass is 10.1. The molecule has 0 spiro atoms. The van der Waals surface area contributed by atoms with Crippen molar-refractivity contribution < 1.29 is 4.79 Å². The monoisotopic (exact) mass is 388 g/mol. The van der Waals surface area contributed by atoms with Gasteiger partial charge in [-0.1, -0.05) is 61.2 Å². The Hall–Kier alpha value is -3.12. The Labute approximate surface area is 167 Å². The zero-order chi connectivity index (χ0) is 19.3. The minimum Gasteiger partial charge on any atom is -0.325 e. The van der Waals surface area contributed by atoms with E-state index in [1.165, 1.54) is 17.3 Å². The molecule has 28 heavy (non-hydrogen) atoms. The molecule has 2 heterocycles. The molecule has 0 fully saturated rings. The number of nitrogens with zero attached hydrogens (tertiary/aromatic N) is 3. The Morgan fingerprint density at radius 1 is 1.11 bits per heavy atom. The lowest BCUT2D eigenvalue weighted by Crippen LogP contribution is -2.14. The first-order chi connectivity index (χ1) is 13.7. The van der Waals surface area contributed by atoms with Crippen LogP contribution >= 0.6 is 11.8 Å². The summed E-state index contributed by atoms with van der Waals surface area (Å²) in [6.45, 7) is 2.10. The van der Waals surface area contributed by atoms with Crippen molar-refractivity contribution in [3.63, 3.8) is 0 Å². The van der Waals surface area contributed by atoms with Crippen LogP contribution in [0.1, 0.15) is 12.5 Å². The van der Waals surface area contributed by atoms with Gasteiger partial charge >= 0.3 is 0 Å². The highest BCUT2D eigenvalue weighted by atomic mass is 32.2. The Balaban J connectivity index is 1.48. The van der Waals surface area contributed by atoms with Crippen LogP contribution in [-0.4, -0.2) is 26.3 Å². The van der Waals surface area contributed by atoms with Gasteiger partial charge in [0.1, 0.15) is 5.03 Å². The topological polar surface area (TPSA) is 59.3 Å². The van der Waals surface area contributed by atoms with Crippen molar-refractivity contribution in [3.8, 4) is 11.3 Å². The quantitative estimate of drug-likeness (QED) is 0.487. The van der Waals surface area contributed by atoms with Gasteiger partial charge in [-0.15, -0.1) is 0 Å². The highest BCUT2D eigenvalue weighted by molar-refractivity contribution is 8.00. The van der Waals surface area contributed by atoms with Crippen molar-refractivity contribution in [2.45, 2.75) is 18.4 Å². The predicted octanol–water partition coefficient (Wildman–Crippen LogP) is 4.69. The van der Waals surface area contributed by atoms with E-state index in [1.54, 1.807) is 10.7 Å². The zero-order valence-electron chi connectivity index (χ0n) is 15.5. The number of anilines is 1. The third-order valence-corrected chi connectivity index (χ3v) is 5.38. The average molecular weight is 388 g/mol. The number of carbonyl (C=O) groups excluding carboxylic acids is 1. The van der Waals surface area contributed by atoms with E-state index in [9.17, 15) is 4.79 Å². The summed E-state index contributed by atoms with van der Waals surface area (Å²) in [6, 6.07) is 20.0. The number of amides is 1. The van der Waals surface area contributed by atoms with Gasteiger partial charge in [0, 0.05) is 23.6 Å². The molecule has 0 aliphatic rings. The van der Waals surface area contributed by atoms with Crippen LogP contribution < -0.4 is 5.32 Å². The number of carbonyl (C=O) groups is 1. The zero-order valence-corrected chi connectivity index (χ0v) is 16.3. The largest absolute Gasteiger partial charge is 0.325 e. The molecule has 2 aromatic carbocycles. The number of fused-ring (bicyclic) bond motifs is 1. The molecular weight excluding hydrogens is 368 g/mol. The summed E-state index contributed by atoms with van der Waals surface area (Å²) in [4.78, 5) is 16.8. The maximum absolute atomic E-state index is 12.4. The van der Waals surface area contributed by atoms with Gasteiger partial charge in [0.25, 0.3) is 0 Å². The van der Waals surface area contributed by atoms with E-state index >= 15 is 0 Å². The SMILES string of the molecule is CCc1cccc(NC(=O)CSc2nccn3nc(-c4ccccc4)cc23)c1. The second kappa shape index (κ2) is 8.27. The average Bonchev–Trinajstić information content (AvgIpc) is 3.18. The summed E-state index contributed by atoms with van der Waals surface area (Å²) >= 11 is 1.41. The van der Waals surface area contributed by atoms with Crippen LogP contribution in [0.3, 0.4) is 0 Å². The Morgan fingerprint density at radius 3 is 2.79 bits per heavy atom. The van der Waals surface area contributed by atoms with Crippen LogP contribution in [-0.2, 0) is 11.2 Å². The number of aromatic nitrogens is 3. The molecule has 2 aromatic heterocycles. The molecule has 0 aliphatic carbocycles. The van der Waals surface area contributed by atoms with Crippen molar-refractivity contribution >= 4 is 28.9 Å². The predicted molar refractivity (Wildman–Crippen MR) is 114 cm³/mol. The van der Waals surface area contributed by atoms with Crippen LogP contribution in [0.4, 0.5) is 5.69 Å². The number of benzene rings is 2. The summed E-state index contributed by atoms with van der Waals surface area (Å²) < 4.78 is 1.81. The molecule has 1 N–H and O–H groups in total. The Morgan fingerprint density at radius 2 is 1.96 bits per heavy atom. The van der Waals surface area contributed by atoms with Gasteiger partial charge in [-0.25, -0.2) is 9.50 Å². The minimum absolute atomic E-state index is 0.0511. The number of aryl methyl sites for hydroxylation is 1. The third-order valence-electron chi connectivity index (χ3n) is 4.38. The fourth-order valence-corrected chi connectivity index (χ4v) is 3.74. The van der Waals surface area contributed by atoms with Crippen molar-refractivity contribution in [2.75, 3.05) is 11.1 Å². The van der Waals surface area contributed by atoms with Crippen molar-refractivity contribution in [3.05, 3.63) is 78.6 Å². The van der Waals surface area contributed by atoms with E-state index in [0.717, 1.165) is 33.9 Å². The van der Waals surface area contributed by atoms with Gasteiger partial charge in [-0.3, -0.25) is 4.79 Å². The lowest BCUT2D eigenvalue weighted by Gasteiger charge is -2.07. The molecule has 0 radical (unpaired) electrons. The van der Waals surface area contributed by atoms with E-state index in [-0.39, 0.29) is 11.7 Å². The molecule has 4 aromatic rings. The first-order valence-corrected chi connectivity index (χ1v) is 10.1. The molecule has 0 aliphatic heterocycles. The first kappa shape index (κ1) is 18.3. The third kappa shape index (κ3) is 4.07. The minimum atomic E-state index is -0.0511. The highest BCUT2D eigenvalue weighted by Crippen LogP contribution is 2.26. The second-order valence-electron chi connectivity index (χ2n) is 6.35. The molecule has 5 nitrogen and oxygen atoms in total. The van der Waals surface area contributed by atoms with Crippen LogP contribution in [0.5, 0.6) is 0 Å². The van der Waals surface area contributed by atoms with Crippen LogP contribution in [0, 0.1) is 0 Å². The molecule has 1 amide bonds. The number of nitrogens with one attached hydrogen (secondary N) is 1. The molecular formula is C22H20N4OS. The van der Waals surface area contributed by atoms with E-state index < -0.39 is 0 Å². The van der Waals surface area contributed by atoms with Crippen molar-refractivity contribution in [1.82, 2.24) is 14.6 Å². The normalized spacial score (nSPS) is 10.9. The van der Waals surface area contributed by atoms with E-state index in [4.69, 9.17) is 0 Å². The molecule has 6 heteroatoms. The van der Waals surface area contributed by atoms with Gasteiger partial charge in [0.2, 0.25) is 5.91 Å². The Kier molecular flexibility index (Phi) is 5.39. The van der Waals surface area contributed by atoms with E-state index in [1.807, 2.05) is 60.8 Å². The molecule has 140 valence electrons. The van der Waals surface area contributed by atoms with Crippen LogP contribution in [0.2, 0.25) is 0 Å². The standard InChI is InChI=1S/C22H20N4OS/c1-2-16-7-6-10-18(13-16)24-21(27)15-28-22-20-14-19(17-8-4-3-5-9-17)25-26(20)12-11-23-22/h3-14H,2,15H2,1H3,(H,24,27). The molecule has 0 bridgehead atoms. The van der Waals surface area contributed by atoms with Gasteiger partial charge in [0.05, 0.1) is 17.0 Å². The van der Waals surface area contributed by atoms with E-state index in [2.05, 4.69) is 28.4 Å². The molecule has 0 unspecified atom stereocenters. The van der Waals surface area contributed by atoms with Gasteiger partial charge in [-0.2, -0.15) is 5.10 Å². The number of thioether (sulfide) groups is 1. The number of hydrogen-bond donors (Lipinski definition) is 1. The van der Waals surface area contributed by atoms with E-state index in [0.29, 0.717) is 0 Å². The fourth-order valence-electron chi connectivity index (χ4n) is 2.96. The highest BCUT2D eigenvalue weighted by Gasteiger charge is 2.11. The first-order valence-electron chi connectivity index (χ1n) is 9.14. The number of rotatable bonds is 6. The summed E-state index contributed by atoms with van der Waals surface area (Å²) in [5.74, 6) is 0.236. The molecule has 0 atom stereocenters. The molecule has 0 saturated heterocycles. The van der Waals surface area contributed by atoms with Gasteiger partial charge in [-0.05, 0) is 30.2 Å². The van der Waals surface area contributed by atoms with Crippen LogP contribution in [0.25, 0.3) is 16.8 Å². The summed E-state index contributed by atoms with van der Waals surface area (Å²) in [5.41, 5.74) is 4.86. The maximum atomic E-state index is 12.4. The van der Waals surface area contributed by atoms with Gasteiger partial charge in [0.15, 0.2) is 0 Å². The van der Waals surface area contributed by atoms with Crippen LogP contribution in [0.15, 0.2) is 78.1 Å². The summed E-state index contributed by atoms with van der Waals surface area (Å²) in [7, 11) is 0. The second-order valence-corrected chi connectivity index (χ2v) is 7.31. The smallest absolute Gasteiger partial charge is 0.234 e. The van der Waals surface area contributed by atoms with Crippen molar-refractivity contribution in [2.24, 2.45) is 0 Å². The Bertz CT molecular complexity index is 1110. The molecule has 0 saturated carbocycles. The fraction of sp³-hybridized carbons (Fsp3) is 0.136. The molecule has 4 rings (SSSR count).